The molecule has 1 N–H and O–H groups in total. The first-order chi connectivity index (χ1) is 7.80. The van der Waals surface area contributed by atoms with Crippen LogP contribution in [0.25, 0.3) is 0 Å². The van der Waals surface area contributed by atoms with Crippen LogP contribution in [0, 0.1) is 0 Å². The lowest BCUT2D eigenvalue weighted by atomic mass is 10.00. The zero-order valence-electron chi connectivity index (χ0n) is 10.5. The average molecular weight is 320 g/mol. The molecule has 0 aromatic carbocycles. The van der Waals surface area contributed by atoms with Gasteiger partial charge in [0, 0.05) is 10.9 Å². The third-order valence-electron chi connectivity index (χ3n) is 3.06. The minimum atomic E-state index is -0.857. The molecule has 5 heteroatoms. The molecule has 0 amide bonds. The van der Waals surface area contributed by atoms with Gasteiger partial charge in [-0.2, -0.15) is 0 Å². The van der Waals surface area contributed by atoms with E-state index in [0.29, 0.717) is 6.54 Å². The summed E-state index contributed by atoms with van der Waals surface area (Å²) in [5.41, 5.74) is -0.857. The van der Waals surface area contributed by atoms with Crippen molar-refractivity contribution in [3.05, 3.63) is 20.8 Å². The Balaban J connectivity index is 2.99. The number of likely N-dealkylation sites (N-methyl/N-ethyl adjacent to an activating group) is 1. The van der Waals surface area contributed by atoms with Gasteiger partial charge >= 0.3 is 5.97 Å². The van der Waals surface area contributed by atoms with Gasteiger partial charge in [0.05, 0.1) is 3.79 Å². The van der Waals surface area contributed by atoms with Crippen LogP contribution in [0.2, 0.25) is 0 Å². The highest BCUT2D eigenvalue weighted by Gasteiger charge is 2.37. The molecule has 1 heterocycles. The van der Waals surface area contributed by atoms with Crippen molar-refractivity contribution in [2.75, 3.05) is 6.54 Å². The predicted molar refractivity (Wildman–Crippen MR) is 74.5 cm³/mol. The summed E-state index contributed by atoms with van der Waals surface area (Å²) in [6.45, 7) is 8.24. The van der Waals surface area contributed by atoms with E-state index in [1.54, 1.807) is 25.2 Å². The number of carbonyl (C=O) groups is 1. The third-order valence-corrected chi connectivity index (χ3v) is 4.85. The first-order valence-corrected chi connectivity index (χ1v) is 7.17. The van der Waals surface area contributed by atoms with Crippen molar-refractivity contribution in [2.24, 2.45) is 0 Å². The monoisotopic (exact) mass is 319 g/mol. The summed E-state index contributed by atoms with van der Waals surface area (Å²) in [4.78, 5) is 14.5. The quantitative estimate of drug-likeness (QED) is 0.898. The fraction of sp³-hybridized carbons (Fsp3) is 0.583. The maximum absolute atomic E-state index is 11.3. The Labute approximate surface area is 115 Å². The molecule has 0 aliphatic rings. The number of thiophene rings is 1. The number of rotatable bonds is 5. The van der Waals surface area contributed by atoms with Crippen LogP contribution in [-0.4, -0.2) is 28.1 Å². The van der Waals surface area contributed by atoms with Crippen LogP contribution in [0.3, 0.4) is 0 Å². The molecule has 0 spiro atoms. The van der Waals surface area contributed by atoms with Crippen molar-refractivity contribution >= 4 is 33.2 Å². The zero-order chi connectivity index (χ0) is 13.2. The number of aliphatic carboxylic acids is 1. The SMILES string of the molecule is CCN(C(C)c1ccc(Br)s1)C(C)(C)C(=O)O. The first-order valence-electron chi connectivity index (χ1n) is 5.56. The molecule has 17 heavy (non-hydrogen) atoms. The van der Waals surface area contributed by atoms with Gasteiger partial charge in [-0.1, -0.05) is 6.92 Å². The van der Waals surface area contributed by atoms with E-state index >= 15 is 0 Å². The second-order valence-corrected chi connectivity index (χ2v) is 6.96. The largest absolute Gasteiger partial charge is 0.480 e. The summed E-state index contributed by atoms with van der Waals surface area (Å²) in [6.07, 6.45) is 0. The molecule has 0 fully saturated rings. The standard InChI is InChI=1S/C12H18BrNO2S/c1-5-14(12(3,4)11(15)16)8(2)9-6-7-10(13)17-9/h6-8H,5H2,1-4H3,(H,15,16). The van der Waals surface area contributed by atoms with Gasteiger partial charge in [-0.3, -0.25) is 9.69 Å². The van der Waals surface area contributed by atoms with Crippen LogP contribution < -0.4 is 0 Å². The van der Waals surface area contributed by atoms with E-state index in [9.17, 15) is 9.90 Å². The van der Waals surface area contributed by atoms with Crippen molar-refractivity contribution in [3.8, 4) is 0 Å². The van der Waals surface area contributed by atoms with Gasteiger partial charge in [0.2, 0.25) is 0 Å². The van der Waals surface area contributed by atoms with E-state index in [4.69, 9.17) is 0 Å². The summed E-state index contributed by atoms with van der Waals surface area (Å²) < 4.78 is 1.07. The van der Waals surface area contributed by atoms with Gasteiger partial charge in [0.1, 0.15) is 5.54 Å². The van der Waals surface area contributed by atoms with Crippen LogP contribution in [0.1, 0.15) is 38.6 Å². The molecule has 0 radical (unpaired) electrons. The second kappa shape index (κ2) is 5.50. The van der Waals surface area contributed by atoms with Crippen LogP contribution in [0.5, 0.6) is 0 Å². The fourth-order valence-electron chi connectivity index (χ4n) is 1.98. The molecule has 0 saturated carbocycles. The Morgan fingerprint density at radius 3 is 2.53 bits per heavy atom. The normalized spacial score (nSPS) is 14.0. The van der Waals surface area contributed by atoms with E-state index in [1.165, 1.54) is 4.88 Å². The van der Waals surface area contributed by atoms with Crippen molar-refractivity contribution in [3.63, 3.8) is 0 Å². The maximum Gasteiger partial charge on any atom is 0.323 e. The highest BCUT2D eigenvalue weighted by Crippen LogP contribution is 2.34. The van der Waals surface area contributed by atoms with Crippen LogP contribution in [0.4, 0.5) is 0 Å². The molecule has 96 valence electrons. The molecule has 0 aliphatic heterocycles. The summed E-state index contributed by atoms with van der Waals surface area (Å²) in [6, 6.07) is 4.14. The number of nitrogens with zero attached hydrogens (tertiary/aromatic N) is 1. The van der Waals surface area contributed by atoms with Crippen molar-refractivity contribution in [2.45, 2.75) is 39.3 Å². The second-order valence-electron chi connectivity index (χ2n) is 4.47. The molecule has 1 aromatic rings. The predicted octanol–water partition coefficient (Wildman–Crippen LogP) is 3.76. The summed E-state index contributed by atoms with van der Waals surface area (Å²) in [7, 11) is 0. The van der Waals surface area contributed by atoms with Crippen molar-refractivity contribution < 1.29 is 9.90 Å². The molecule has 1 rings (SSSR count). The molecule has 1 atom stereocenters. The molecule has 0 aliphatic carbocycles. The minimum Gasteiger partial charge on any atom is -0.480 e. The number of carboxylic acid groups (broad SMARTS) is 1. The number of hydrogen-bond donors (Lipinski definition) is 1. The van der Waals surface area contributed by atoms with Gasteiger partial charge in [-0.15, -0.1) is 11.3 Å². The lowest BCUT2D eigenvalue weighted by Crippen LogP contribution is -2.50. The van der Waals surface area contributed by atoms with Gasteiger partial charge in [-0.25, -0.2) is 0 Å². The molecule has 0 saturated heterocycles. The minimum absolute atomic E-state index is 0.0994. The Hall–Kier alpha value is -0.390. The van der Waals surface area contributed by atoms with E-state index < -0.39 is 11.5 Å². The lowest BCUT2D eigenvalue weighted by molar-refractivity contribution is -0.150. The highest BCUT2D eigenvalue weighted by molar-refractivity contribution is 9.11. The van der Waals surface area contributed by atoms with E-state index in [1.807, 2.05) is 30.9 Å². The highest BCUT2D eigenvalue weighted by atomic mass is 79.9. The molecule has 0 bridgehead atoms. The Bertz CT molecular complexity index is 403. The van der Waals surface area contributed by atoms with Crippen LogP contribution in [-0.2, 0) is 4.79 Å². The maximum atomic E-state index is 11.3. The van der Waals surface area contributed by atoms with E-state index in [2.05, 4.69) is 15.9 Å². The van der Waals surface area contributed by atoms with Crippen molar-refractivity contribution in [1.82, 2.24) is 4.90 Å². The summed E-state index contributed by atoms with van der Waals surface area (Å²) in [5.74, 6) is -0.790. The van der Waals surface area contributed by atoms with Crippen molar-refractivity contribution in [1.29, 1.82) is 0 Å². The van der Waals surface area contributed by atoms with Gasteiger partial charge in [0.25, 0.3) is 0 Å². The zero-order valence-corrected chi connectivity index (χ0v) is 12.9. The van der Waals surface area contributed by atoms with E-state index in [0.717, 1.165) is 3.79 Å². The smallest absolute Gasteiger partial charge is 0.323 e. The van der Waals surface area contributed by atoms with Crippen LogP contribution in [0.15, 0.2) is 15.9 Å². The Morgan fingerprint density at radius 1 is 1.59 bits per heavy atom. The molecule has 1 aromatic heterocycles. The van der Waals surface area contributed by atoms with E-state index in [-0.39, 0.29) is 6.04 Å². The summed E-state index contributed by atoms with van der Waals surface area (Å²) >= 11 is 5.08. The Kier molecular flexibility index (Phi) is 4.75. The molecule has 1 unspecified atom stereocenters. The van der Waals surface area contributed by atoms with Crippen LogP contribution >= 0.6 is 27.3 Å². The topological polar surface area (TPSA) is 40.5 Å². The summed E-state index contributed by atoms with van der Waals surface area (Å²) in [5, 5.41) is 9.30. The Morgan fingerprint density at radius 2 is 2.18 bits per heavy atom. The van der Waals surface area contributed by atoms with Gasteiger partial charge in [0.15, 0.2) is 0 Å². The third kappa shape index (κ3) is 3.09. The number of carboxylic acids is 1. The molecule has 3 nitrogen and oxygen atoms in total. The molecular formula is C12H18BrNO2S. The lowest BCUT2D eigenvalue weighted by Gasteiger charge is -2.38. The number of hydrogen-bond acceptors (Lipinski definition) is 3. The van der Waals surface area contributed by atoms with Gasteiger partial charge in [-0.05, 0) is 55.4 Å². The number of halogens is 1. The fourth-order valence-corrected chi connectivity index (χ4v) is 3.47. The average Bonchev–Trinajstić information content (AvgIpc) is 2.65. The first kappa shape index (κ1) is 14.7. The molecular weight excluding hydrogens is 302 g/mol. The van der Waals surface area contributed by atoms with Gasteiger partial charge < -0.3 is 5.11 Å².